The number of hydrogen-bond acceptors (Lipinski definition) is 6. The summed E-state index contributed by atoms with van der Waals surface area (Å²) in [5.74, 6) is 0.590. The van der Waals surface area contributed by atoms with Gasteiger partial charge in [-0.3, -0.25) is 4.79 Å². The lowest BCUT2D eigenvalue weighted by atomic mass is 9.74. The van der Waals surface area contributed by atoms with Crippen LogP contribution in [0.15, 0.2) is 66.7 Å². The molecule has 4 N–H and O–H groups in total. The van der Waals surface area contributed by atoms with Crippen molar-refractivity contribution in [3.05, 3.63) is 94.0 Å². The SMILES string of the molecule is CCc1cccc(Oc2c(Cl)cccc2[C@](O)(CCCOC(=O)NC)[C@@H]2CCCN(C(=O)c3ccc(CN)cc3)C2)c1. The average Bonchev–Trinajstić information content (AvgIpc) is 3.03. The van der Waals surface area contributed by atoms with Crippen LogP contribution in [0.5, 0.6) is 11.5 Å². The van der Waals surface area contributed by atoms with E-state index in [0.717, 1.165) is 24.0 Å². The van der Waals surface area contributed by atoms with Crippen molar-refractivity contribution in [3.63, 3.8) is 0 Å². The number of alkyl carbamates (subject to hydrolysis) is 1. The van der Waals surface area contributed by atoms with Gasteiger partial charge in [-0.2, -0.15) is 0 Å². The molecule has 8 nitrogen and oxygen atoms in total. The highest BCUT2D eigenvalue weighted by molar-refractivity contribution is 6.32. The van der Waals surface area contributed by atoms with Gasteiger partial charge < -0.3 is 30.5 Å². The van der Waals surface area contributed by atoms with Crippen molar-refractivity contribution < 1.29 is 24.2 Å². The van der Waals surface area contributed by atoms with Gasteiger partial charge in [-0.25, -0.2) is 4.79 Å². The molecular formula is C33H40ClN3O5. The maximum atomic E-state index is 13.5. The van der Waals surface area contributed by atoms with E-state index in [-0.39, 0.29) is 24.9 Å². The van der Waals surface area contributed by atoms with Crippen LogP contribution < -0.4 is 15.8 Å². The number of halogens is 1. The Bertz CT molecular complexity index is 1370. The Balaban J connectivity index is 1.66. The minimum absolute atomic E-state index is 0.0903. The van der Waals surface area contributed by atoms with E-state index < -0.39 is 11.7 Å². The van der Waals surface area contributed by atoms with E-state index >= 15 is 0 Å². The van der Waals surface area contributed by atoms with Crippen molar-refractivity contribution in [2.45, 2.75) is 51.2 Å². The van der Waals surface area contributed by atoms with Crippen molar-refractivity contribution in [2.24, 2.45) is 11.7 Å². The number of nitrogens with one attached hydrogen (secondary N) is 1. The molecule has 0 aromatic heterocycles. The van der Waals surface area contributed by atoms with Crippen LogP contribution in [0.1, 0.15) is 59.7 Å². The van der Waals surface area contributed by atoms with Crippen LogP contribution in [0.4, 0.5) is 4.79 Å². The van der Waals surface area contributed by atoms with Gasteiger partial charge in [-0.05, 0) is 73.6 Å². The zero-order chi connectivity index (χ0) is 30.1. The Labute approximate surface area is 252 Å². The lowest BCUT2D eigenvalue weighted by Gasteiger charge is -2.43. The predicted molar refractivity (Wildman–Crippen MR) is 164 cm³/mol. The van der Waals surface area contributed by atoms with Gasteiger partial charge in [0.25, 0.3) is 5.91 Å². The van der Waals surface area contributed by atoms with E-state index in [1.54, 1.807) is 29.2 Å². The number of nitrogens with two attached hydrogens (primary N) is 1. The summed E-state index contributed by atoms with van der Waals surface area (Å²) in [6.45, 7) is 3.54. The second-order valence-electron chi connectivity index (χ2n) is 10.6. The highest BCUT2D eigenvalue weighted by Crippen LogP contribution is 2.46. The summed E-state index contributed by atoms with van der Waals surface area (Å²) in [7, 11) is 1.50. The molecular weight excluding hydrogens is 554 g/mol. The molecule has 1 saturated heterocycles. The first-order valence-corrected chi connectivity index (χ1v) is 14.9. The first-order valence-electron chi connectivity index (χ1n) is 14.5. The molecule has 9 heteroatoms. The van der Waals surface area contributed by atoms with Crippen molar-refractivity contribution in [3.8, 4) is 11.5 Å². The number of likely N-dealkylation sites (tertiary alicyclic amines) is 1. The zero-order valence-corrected chi connectivity index (χ0v) is 25.0. The van der Waals surface area contributed by atoms with Gasteiger partial charge >= 0.3 is 6.09 Å². The molecule has 1 aliphatic rings. The topological polar surface area (TPSA) is 114 Å². The third-order valence-electron chi connectivity index (χ3n) is 7.92. The number of nitrogens with zero attached hydrogens (tertiary/aromatic N) is 1. The van der Waals surface area contributed by atoms with Crippen LogP contribution in [-0.4, -0.2) is 48.8 Å². The lowest BCUT2D eigenvalue weighted by Crippen LogP contribution is -2.48. The first-order chi connectivity index (χ1) is 20.3. The van der Waals surface area contributed by atoms with Gasteiger partial charge in [0.2, 0.25) is 0 Å². The molecule has 1 fully saturated rings. The standard InChI is InChI=1S/C33H40ClN3O5/c1-3-23-8-4-10-27(20-23)42-30-28(11-5-12-29(30)34)33(40,17-7-19-41-32(39)36-2)26-9-6-18-37(22-26)31(38)25-15-13-24(21-35)14-16-25/h4-5,8,10-16,20,26,40H,3,6-7,9,17-19,21-22,35H2,1-2H3,(H,36,39)/t26-,33+/m1/s1. The van der Waals surface area contributed by atoms with Crippen molar-refractivity contribution >= 4 is 23.6 Å². The first kappa shape index (κ1) is 31.3. The summed E-state index contributed by atoms with van der Waals surface area (Å²) in [4.78, 5) is 27.0. The van der Waals surface area contributed by atoms with E-state index in [0.29, 0.717) is 60.1 Å². The number of carbonyl (C=O) groups excluding carboxylic acids is 2. The molecule has 2 atom stereocenters. The van der Waals surface area contributed by atoms with Crippen LogP contribution in [-0.2, 0) is 23.3 Å². The Morgan fingerprint density at radius 3 is 2.60 bits per heavy atom. The fraction of sp³-hybridized carbons (Fsp3) is 0.394. The number of hydrogen-bond donors (Lipinski definition) is 3. The van der Waals surface area contributed by atoms with E-state index in [2.05, 4.69) is 12.2 Å². The molecule has 42 heavy (non-hydrogen) atoms. The number of benzene rings is 3. The Morgan fingerprint density at radius 1 is 1.12 bits per heavy atom. The zero-order valence-electron chi connectivity index (χ0n) is 24.3. The molecule has 224 valence electrons. The maximum absolute atomic E-state index is 13.5. The average molecular weight is 594 g/mol. The predicted octanol–water partition coefficient (Wildman–Crippen LogP) is 6.03. The molecule has 4 rings (SSSR count). The number of para-hydroxylation sites is 1. The maximum Gasteiger partial charge on any atom is 0.406 e. The van der Waals surface area contributed by atoms with Crippen molar-refractivity contribution in [1.82, 2.24) is 10.2 Å². The molecule has 0 saturated carbocycles. The molecule has 1 aliphatic heterocycles. The lowest BCUT2D eigenvalue weighted by molar-refractivity contribution is -0.0603. The smallest absolute Gasteiger partial charge is 0.406 e. The second kappa shape index (κ2) is 14.5. The molecule has 3 aromatic rings. The molecule has 0 unspecified atom stereocenters. The monoisotopic (exact) mass is 593 g/mol. The number of carbonyl (C=O) groups is 2. The highest BCUT2D eigenvalue weighted by Gasteiger charge is 2.43. The third kappa shape index (κ3) is 7.43. The van der Waals surface area contributed by atoms with Crippen LogP contribution in [0.25, 0.3) is 0 Å². The molecule has 3 aromatic carbocycles. The molecule has 0 bridgehead atoms. The second-order valence-corrected chi connectivity index (χ2v) is 11.0. The fourth-order valence-electron chi connectivity index (χ4n) is 5.56. The summed E-state index contributed by atoms with van der Waals surface area (Å²) in [5, 5.41) is 15.4. The Hall–Kier alpha value is -3.59. The Kier molecular flexibility index (Phi) is 10.8. The van der Waals surface area contributed by atoms with Crippen molar-refractivity contribution in [1.29, 1.82) is 0 Å². The minimum Gasteiger partial charge on any atom is -0.455 e. The van der Waals surface area contributed by atoms with Crippen LogP contribution in [0.2, 0.25) is 5.02 Å². The van der Waals surface area contributed by atoms with Gasteiger partial charge in [0.15, 0.2) is 5.75 Å². The van der Waals surface area contributed by atoms with Gasteiger partial charge in [0.1, 0.15) is 5.75 Å². The normalized spacial score (nSPS) is 16.4. The summed E-state index contributed by atoms with van der Waals surface area (Å²) in [6.07, 6.45) is 2.41. The van der Waals surface area contributed by atoms with Gasteiger partial charge in [-0.1, -0.05) is 54.9 Å². The van der Waals surface area contributed by atoms with E-state index in [9.17, 15) is 14.7 Å². The third-order valence-corrected chi connectivity index (χ3v) is 8.22. The molecule has 1 heterocycles. The van der Waals surface area contributed by atoms with E-state index in [1.165, 1.54) is 7.05 Å². The number of aryl methyl sites for hydroxylation is 1. The summed E-state index contributed by atoms with van der Waals surface area (Å²) < 4.78 is 11.6. The molecule has 0 aliphatic carbocycles. The van der Waals surface area contributed by atoms with E-state index in [4.69, 9.17) is 26.8 Å². The molecule has 0 radical (unpaired) electrons. The highest BCUT2D eigenvalue weighted by atomic mass is 35.5. The minimum atomic E-state index is -1.42. The summed E-state index contributed by atoms with van der Waals surface area (Å²) in [6, 6.07) is 20.5. The fourth-order valence-corrected chi connectivity index (χ4v) is 5.77. The quantitative estimate of drug-likeness (QED) is 0.234. The largest absolute Gasteiger partial charge is 0.455 e. The number of amides is 2. The van der Waals surface area contributed by atoms with Crippen LogP contribution in [0.3, 0.4) is 0 Å². The summed E-state index contributed by atoms with van der Waals surface area (Å²) >= 11 is 6.72. The van der Waals surface area contributed by atoms with Crippen LogP contribution >= 0.6 is 11.6 Å². The summed E-state index contributed by atoms with van der Waals surface area (Å²) in [5.41, 5.74) is 7.50. The molecule has 2 amide bonds. The number of ether oxygens (including phenoxy) is 2. The van der Waals surface area contributed by atoms with Crippen molar-refractivity contribution in [2.75, 3.05) is 26.7 Å². The van der Waals surface area contributed by atoms with E-state index in [1.807, 2.05) is 42.5 Å². The van der Waals surface area contributed by atoms with Gasteiger partial charge in [0.05, 0.1) is 17.2 Å². The number of aliphatic hydroxyl groups is 1. The number of piperidine rings is 1. The van der Waals surface area contributed by atoms with Gasteiger partial charge in [0, 0.05) is 43.7 Å². The molecule has 0 spiro atoms. The van der Waals surface area contributed by atoms with Gasteiger partial charge in [-0.15, -0.1) is 0 Å². The number of rotatable bonds is 11. The Morgan fingerprint density at radius 2 is 1.88 bits per heavy atom. The van der Waals surface area contributed by atoms with Crippen LogP contribution in [0, 0.1) is 5.92 Å².